The highest BCUT2D eigenvalue weighted by molar-refractivity contribution is 6.09. The molecule has 4 nitrogen and oxygen atoms in total. The minimum atomic E-state index is -0.187. The molecule has 0 bridgehead atoms. The maximum atomic E-state index is 13.0. The lowest BCUT2D eigenvalue weighted by atomic mass is 10.1. The van der Waals surface area contributed by atoms with Crippen molar-refractivity contribution in [1.82, 2.24) is 4.98 Å². The molecule has 0 aliphatic rings. The van der Waals surface area contributed by atoms with Gasteiger partial charge in [-0.05, 0) is 35.4 Å². The van der Waals surface area contributed by atoms with Crippen LogP contribution < -0.4 is 9.47 Å². The van der Waals surface area contributed by atoms with Gasteiger partial charge < -0.3 is 9.47 Å². The third-order valence-electron chi connectivity index (χ3n) is 4.58. The summed E-state index contributed by atoms with van der Waals surface area (Å²) in [6, 6.07) is 30.3. The van der Waals surface area contributed by atoms with E-state index in [1.54, 1.807) is 42.6 Å². The molecular formula is C26H21NO3. The van der Waals surface area contributed by atoms with Crippen LogP contribution in [0.25, 0.3) is 0 Å². The maximum Gasteiger partial charge on any atom is 0.215 e. The number of carbonyl (C=O) groups is 1. The summed E-state index contributed by atoms with van der Waals surface area (Å²) in [4.78, 5) is 17.2. The second-order valence-electron chi connectivity index (χ2n) is 6.75. The summed E-state index contributed by atoms with van der Waals surface area (Å²) < 4.78 is 11.9. The quantitative estimate of drug-likeness (QED) is 0.371. The van der Waals surface area contributed by atoms with Gasteiger partial charge in [0.1, 0.15) is 30.4 Å². The van der Waals surface area contributed by atoms with E-state index < -0.39 is 0 Å². The van der Waals surface area contributed by atoms with Crippen LogP contribution in [0.2, 0.25) is 0 Å². The molecule has 1 heterocycles. The Bertz CT molecular complexity index is 1100. The predicted molar refractivity (Wildman–Crippen MR) is 116 cm³/mol. The fraction of sp³-hybridized carbons (Fsp3) is 0.0769. The van der Waals surface area contributed by atoms with Gasteiger partial charge in [0.05, 0.1) is 5.56 Å². The van der Waals surface area contributed by atoms with Gasteiger partial charge in [0.2, 0.25) is 5.78 Å². The van der Waals surface area contributed by atoms with Crippen molar-refractivity contribution in [2.24, 2.45) is 0 Å². The van der Waals surface area contributed by atoms with Crippen LogP contribution in [0.4, 0.5) is 0 Å². The number of pyridine rings is 1. The number of rotatable bonds is 8. The number of hydrogen-bond donors (Lipinski definition) is 0. The molecule has 0 spiro atoms. The van der Waals surface area contributed by atoms with Crippen molar-refractivity contribution in [3.05, 3.63) is 126 Å². The summed E-state index contributed by atoms with van der Waals surface area (Å²) >= 11 is 0. The lowest BCUT2D eigenvalue weighted by molar-refractivity contribution is 0.103. The SMILES string of the molecule is O=C(c1ccccn1)c1ccc(OCc2ccccc2)cc1OCc1ccccc1. The van der Waals surface area contributed by atoms with E-state index in [9.17, 15) is 4.79 Å². The second kappa shape index (κ2) is 9.52. The first-order valence-electron chi connectivity index (χ1n) is 9.73. The fourth-order valence-electron chi connectivity index (χ4n) is 3.01. The average Bonchev–Trinajstić information content (AvgIpc) is 2.83. The van der Waals surface area contributed by atoms with E-state index in [4.69, 9.17) is 9.47 Å². The summed E-state index contributed by atoms with van der Waals surface area (Å²) in [5.74, 6) is 0.924. The average molecular weight is 395 g/mol. The van der Waals surface area contributed by atoms with Gasteiger partial charge in [0.15, 0.2) is 0 Å². The highest BCUT2D eigenvalue weighted by Gasteiger charge is 2.17. The lowest BCUT2D eigenvalue weighted by Gasteiger charge is -2.14. The van der Waals surface area contributed by atoms with Crippen molar-refractivity contribution < 1.29 is 14.3 Å². The predicted octanol–water partition coefficient (Wildman–Crippen LogP) is 5.47. The second-order valence-corrected chi connectivity index (χ2v) is 6.75. The molecule has 0 saturated heterocycles. The molecular weight excluding hydrogens is 374 g/mol. The molecule has 148 valence electrons. The van der Waals surface area contributed by atoms with Crippen molar-refractivity contribution >= 4 is 5.78 Å². The molecule has 0 aliphatic carbocycles. The van der Waals surface area contributed by atoms with E-state index in [1.165, 1.54) is 0 Å². The zero-order chi connectivity index (χ0) is 20.6. The van der Waals surface area contributed by atoms with Crippen LogP contribution in [-0.2, 0) is 13.2 Å². The van der Waals surface area contributed by atoms with Crippen LogP contribution in [0.3, 0.4) is 0 Å². The molecule has 1 aromatic heterocycles. The van der Waals surface area contributed by atoms with Crippen molar-refractivity contribution in [1.29, 1.82) is 0 Å². The van der Waals surface area contributed by atoms with E-state index in [-0.39, 0.29) is 5.78 Å². The summed E-state index contributed by atoms with van der Waals surface area (Å²) in [6.45, 7) is 0.790. The third-order valence-corrected chi connectivity index (χ3v) is 4.58. The molecule has 0 saturated carbocycles. The van der Waals surface area contributed by atoms with Gasteiger partial charge in [0, 0.05) is 12.3 Å². The number of hydrogen-bond acceptors (Lipinski definition) is 4. The van der Waals surface area contributed by atoms with Gasteiger partial charge in [-0.2, -0.15) is 0 Å². The number of nitrogens with zero attached hydrogens (tertiary/aromatic N) is 1. The summed E-state index contributed by atoms with van der Waals surface area (Å²) in [7, 11) is 0. The molecule has 0 N–H and O–H groups in total. The molecule has 0 fully saturated rings. The van der Waals surface area contributed by atoms with E-state index in [0.717, 1.165) is 11.1 Å². The number of carbonyl (C=O) groups excluding carboxylic acids is 1. The van der Waals surface area contributed by atoms with Gasteiger partial charge in [-0.3, -0.25) is 9.78 Å². The number of benzene rings is 3. The Kier molecular flexibility index (Phi) is 6.16. The van der Waals surface area contributed by atoms with E-state index in [2.05, 4.69) is 4.98 Å². The minimum absolute atomic E-state index is 0.187. The Hall–Kier alpha value is -3.92. The summed E-state index contributed by atoms with van der Waals surface area (Å²) in [5.41, 5.74) is 2.92. The van der Waals surface area contributed by atoms with Crippen LogP contribution in [0.1, 0.15) is 27.2 Å². The van der Waals surface area contributed by atoms with Crippen LogP contribution in [-0.4, -0.2) is 10.8 Å². The van der Waals surface area contributed by atoms with Gasteiger partial charge in [-0.1, -0.05) is 66.7 Å². The normalized spacial score (nSPS) is 10.4. The van der Waals surface area contributed by atoms with Crippen LogP contribution in [0.15, 0.2) is 103 Å². The molecule has 30 heavy (non-hydrogen) atoms. The standard InChI is InChI=1S/C26H21NO3/c28-26(24-13-7-8-16-27-24)23-15-14-22(29-18-20-9-3-1-4-10-20)17-25(23)30-19-21-11-5-2-6-12-21/h1-17H,18-19H2. The summed E-state index contributed by atoms with van der Waals surface area (Å²) in [5, 5.41) is 0. The number of ketones is 1. The van der Waals surface area contributed by atoms with E-state index in [0.29, 0.717) is 36.0 Å². The first-order chi connectivity index (χ1) is 14.8. The monoisotopic (exact) mass is 395 g/mol. The third kappa shape index (κ3) is 4.92. The minimum Gasteiger partial charge on any atom is -0.489 e. The molecule has 4 heteroatoms. The molecule has 0 unspecified atom stereocenters. The molecule has 0 atom stereocenters. The molecule has 4 aromatic rings. The zero-order valence-corrected chi connectivity index (χ0v) is 16.4. The van der Waals surface area contributed by atoms with Crippen molar-refractivity contribution in [2.75, 3.05) is 0 Å². The molecule has 0 amide bonds. The Morgan fingerprint density at radius 3 is 1.97 bits per heavy atom. The lowest BCUT2D eigenvalue weighted by Crippen LogP contribution is -2.08. The Morgan fingerprint density at radius 1 is 0.700 bits per heavy atom. The number of aromatic nitrogens is 1. The molecule has 0 aliphatic heterocycles. The highest BCUT2D eigenvalue weighted by Crippen LogP contribution is 2.28. The maximum absolute atomic E-state index is 13.0. The van der Waals surface area contributed by atoms with E-state index in [1.807, 2.05) is 60.7 Å². The van der Waals surface area contributed by atoms with Gasteiger partial charge in [-0.25, -0.2) is 0 Å². The van der Waals surface area contributed by atoms with Crippen molar-refractivity contribution in [3.63, 3.8) is 0 Å². The van der Waals surface area contributed by atoms with Gasteiger partial charge in [-0.15, -0.1) is 0 Å². The van der Waals surface area contributed by atoms with Crippen LogP contribution in [0, 0.1) is 0 Å². The van der Waals surface area contributed by atoms with Crippen LogP contribution >= 0.6 is 0 Å². The summed E-state index contributed by atoms with van der Waals surface area (Å²) in [6.07, 6.45) is 1.61. The van der Waals surface area contributed by atoms with Crippen LogP contribution in [0.5, 0.6) is 11.5 Å². The molecule has 4 rings (SSSR count). The first kappa shape index (κ1) is 19.4. The topological polar surface area (TPSA) is 48.4 Å². The Morgan fingerprint density at radius 2 is 1.33 bits per heavy atom. The smallest absolute Gasteiger partial charge is 0.215 e. The first-order valence-corrected chi connectivity index (χ1v) is 9.73. The Balaban J connectivity index is 1.58. The van der Waals surface area contributed by atoms with Crippen molar-refractivity contribution in [2.45, 2.75) is 13.2 Å². The van der Waals surface area contributed by atoms with Gasteiger partial charge in [0.25, 0.3) is 0 Å². The largest absolute Gasteiger partial charge is 0.489 e. The Labute approximate surface area is 175 Å². The number of ether oxygens (including phenoxy) is 2. The fourth-order valence-corrected chi connectivity index (χ4v) is 3.01. The van der Waals surface area contributed by atoms with Crippen molar-refractivity contribution in [3.8, 4) is 11.5 Å². The molecule has 3 aromatic carbocycles. The van der Waals surface area contributed by atoms with Gasteiger partial charge >= 0.3 is 0 Å². The highest BCUT2D eigenvalue weighted by atomic mass is 16.5. The van der Waals surface area contributed by atoms with E-state index >= 15 is 0 Å². The zero-order valence-electron chi connectivity index (χ0n) is 16.4. The molecule has 0 radical (unpaired) electrons.